The fraction of sp³-hybridized carbons (Fsp3) is 0.476. The summed E-state index contributed by atoms with van der Waals surface area (Å²) in [6.07, 6.45) is 13.8. The molecule has 0 spiro atoms. The second-order valence-corrected chi connectivity index (χ2v) is 15.4. The van der Waals surface area contributed by atoms with Gasteiger partial charge in [0.25, 0.3) is 6.43 Å². The first-order valence-electron chi connectivity index (χ1n) is 19.6. The van der Waals surface area contributed by atoms with Gasteiger partial charge in [-0.2, -0.15) is 10.2 Å². The zero-order valence-electron chi connectivity index (χ0n) is 31.8. The molecule has 0 radical (unpaired) electrons. The number of allylic oxidation sites excluding steroid dienone is 2. The average molecular weight is 753 g/mol. The van der Waals surface area contributed by atoms with Crippen LogP contribution in [0.5, 0.6) is 0 Å². The molecule has 4 N–H and O–H groups in total. The number of nitrogens with zero attached hydrogens (tertiary/aromatic N) is 7. The molecule has 11 nitrogen and oxygen atoms in total. The van der Waals surface area contributed by atoms with Crippen LogP contribution in [0.4, 0.5) is 20.3 Å². The number of nitrogen functional groups attached to an aromatic ring is 1. The largest absolute Gasteiger partial charge is 0.398 e. The number of piperazine rings is 1. The number of nitrogens with two attached hydrogens (primary N) is 1. The number of hydrogen-bond donors (Lipinski definition) is 3. The van der Waals surface area contributed by atoms with Crippen LogP contribution < -0.4 is 11.1 Å². The van der Waals surface area contributed by atoms with Crippen LogP contribution in [0.3, 0.4) is 0 Å². The molecule has 2 atom stereocenters. The van der Waals surface area contributed by atoms with E-state index in [0.717, 1.165) is 94.5 Å². The lowest BCUT2D eigenvalue weighted by atomic mass is 9.85. The van der Waals surface area contributed by atoms with Crippen molar-refractivity contribution in [2.45, 2.75) is 70.5 Å². The number of alkyl halides is 2. The van der Waals surface area contributed by atoms with Crippen LogP contribution in [0.1, 0.15) is 74.7 Å². The summed E-state index contributed by atoms with van der Waals surface area (Å²) in [6.45, 7) is 16.8. The summed E-state index contributed by atoms with van der Waals surface area (Å²) in [5.41, 5.74) is 12.0. The lowest BCUT2D eigenvalue weighted by molar-refractivity contribution is 0.100. The van der Waals surface area contributed by atoms with E-state index in [1.807, 2.05) is 43.4 Å². The molecule has 1 saturated carbocycles. The number of anilines is 2. The van der Waals surface area contributed by atoms with Crippen molar-refractivity contribution in [1.82, 2.24) is 34.2 Å². The quantitative estimate of drug-likeness (QED) is 0.0646. The first-order chi connectivity index (χ1) is 26.7. The standard InChI is InChI=1S/C42H54F2N10O/c1-4-30(13-10-28(2)3)38(45)34-9-5-7-31(39(34)46)25-52-20-18-51(19-21-52)24-29-11-14-33(15-12-29)54-26-36(40(50-54)41(43)44)35-23-47-53-17-16-37(49-42(35)53)48-32-8-6-22-55-27-32/h4-9,16-17,23,26,29-30,32-33,41,45H,1-2,10-15,18-22,24-25,27,46H2,3H3,(H,48,49). The maximum atomic E-state index is 14.4. The van der Waals surface area contributed by atoms with Crippen LogP contribution in [-0.2, 0) is 11.3 Å². The minimum Gasteiger partial charge on any atom is -0.398 e. The van der Waals surface area contributed by atoms with Crippen molar-refractivity contribution in [2.75, 3.05) is 57.0 Å². The van der Waals surface area contributed by atoms with Crippen molar-refractivity contribution in [3.63, 3.8) is 0 Å². The highest BCUT2D eigenvalue weighted by atomic mass is 19.3. The number of halogens is 2. The van der Waals surface area contributed by atoms with Gasteiger partial charge in [0.15, 0.2) is 5.65 Å². The predicted octanol–water partition coefficient (Wildman–Crippen LogP) is 7.55. The van der Waals surface area contributed by atoms with E-state index in [2.05, 4.69) is 44.5 Å². The molecular formula is C42H54F2N10O. The third-order valence-electron chi connectivity index (χ3n) is 11.4. The summed E-state index contributed by atoms with van der Waals surface area (Å²) in [5, 5.41) is 21.1. The maximum absolute atomic E-state index is 14.4. The Kier molecular flexibility index (Phi) is 12.2. The molecule has 2 aliphatic heterocycles. The van der Waals surface area contributed by atoms with Gasteiger partial charge in [-0.05, 0) is 63.0 Å². The van der Waals surface area contributed by atoms with E-state index in [9.17, 15) is 8.78 Å². The van der Waals surface area contributed by atoms with Gasteiger partial charge in [-0.1, -0.05) is 42.0 Å². The average Bonchev–Trinajstić information content (AvgIpc) is 3.82. The lowest BCUT2D eigenvalue weighted by Gasteiger charge is -2.38. The number of rotatable bonds is 15. The fourth-order valence-corrected chi connectivity index (χ4v) is 8.21. The SMILES string of the molecule is C=CC(CCC(=C)C)C(=N)c1cccc(CN2CCN(CC3CCC(n4cc(-c5cnn6ccc(NC7C=CCOC7)nc56)c(C(F)F)n4)CC3)CC2)c1N. The van der Waals surface area contributed by atoms with Gasteiger partial charge in [-0.15, -0.1) is 13.2 Å². The summed E-state index contributed by atoms with van der Waals surface area (Å²) in [6, 6.07) is 7.91. The van der Waals surface area contributed by atoms with Gasteiger partial charge in [0.05, 0.1) is 37.1 Å². The Morgan fingerprint density at radius 3 is 2.60 bits per heavy atom. The molecule has 2 unspecified atom stereocenters. The molecule has 3 aliphatic rings. The molecule has 3 aromatic heterocycles. The zero-order chi connectivity index (χ0) is 38.5. The van der Waals surface area contributed by atoms with Crippen molar-refractivity contribution < 1.29 is 13.5 Å². The Hall–Kier alpha value is -4.72. The molecule has 13 heteroatoms. The summed E-state index contributed by atoms with van der Waals surface area (Å²) < 4.78 is 37.8. The molecule has 2 fully saturated rings. The third-order valence-corrected chi connectivity index (χ3v) is 11.4. The molecule has 5 heterocycles. The highest BCUT2D eigenvalue weighted by molar-refractivity contribution is 6.05. The first-order valence-corrected chi connectivity index (χ1v) is 19.6. The number of para-hydroxylation sites is 1. The van der Waals surface area contributed by atoms with Crippen molar-refractivity contribution in [3.05, 3.63) is 96.6 Å². The number of ether oxygens (including phenoxy) is 1. The van der Waals surface area contributed by atoms with E-state index >= 15 is 0 Å². The number of nitrogens with one attached hydrogen (secondary N) is 2. The summed E-state index contributed by atoms with van der Waals surface area (Å²) in [4.78, 5) is 9.76. The number of hydrogen-bond acceptors (Lipinski definition) is 9. The van der Waals surface area contributed by atoms with Crippen molar-refractivity contribution >= 4 is 22.9 Å². The van der Waals surface area contributed by atoms with Crippen LogP contribution >= 0.6 is 0 Å². The van der Waals surface area contributed by atoms with Gasteiger partial charge >= 0.3 is 0 Å². The van der Waals surface area contributed by atoms with E-state index in [1.165, 1.54) is 0 Å². The van der Waals surface area contributed by atoms with Gasteiger partial charge in [-0.25, -0.2) is 18.3 Å². The molecular weight excluding hydrogens is 699 g/mol. The minimum atomic E-state index is -2.72. The number of fused-ring (bicyclic) bond motifs is 1. The monoisotopic (exact) mass is 752 g/mol. The van der Waals surface area contributed by atoms with Crippen molar-refractivity contribution in [1.29, 1.82) is 5.41 Å². The molecule has 7 rings (SSSR count). The first kappa shape index (κ1) is 38.6. The third kappa shape index (κ3) is 9.06. The van der Waals surface area contributed by atoms with E-state index in [-0.39, 0.29) is 23.7 Å². The Morgan fingerprint density at radius 1 is 1.11 bits per heavy atom. The van der Waals surface area contributed by atoms with E-state index in [0.29, 0.717) is 53.1 Å². The van der Waals surface area contributed by atoms with Crippen LogP contribution in [0.15, 0.2) is 79.8 Å². The maximum Gasteiger partial charge on any atom is 0.282 e. The van der Waals surface area contributed by atoms with E-state index in [4.69, 9.17) is 20.9 Å². The number of aromatic nitrogens is 5. The van der Waals surface area contributed by atoms with Gasteiger partial charge in [-0.3, -0.25) is 9.58 Å². The molecule has 1 saturated heterocycles. The van der Waals surface area contributed by atoms with Crippen molar-refractivity contribution in [2.24, 2.45) is 11.8 Å². The Balaban J connectivity index is 0.923. The van der Waals surface area contributed by atoms with Gasteiger partial charge in [0.1, 0.15) is 11.5 Å². The number of benzene rings is 1. The Labute approximate surface area is 322 Å². The van der Waals surface area contributed by atoms with Crippen LogP contribution in [0.2, 0.25) is 0 Å². The Bertz CT molecular complexity index is 2000. The van der Waals surface area contributed by atoms with Crippen LogP contribution in [0.25, 0.3) is 16.8 Å². The molecule has 1 aliphatic carbocycles. The molecule has 0 bridgehead atoms. The summed E-state index contributed by atoms with van der Waals surface area (Å²) in [5.74, 6) is 1.13. The topological polar surface area (TPSA) is 126 Å². The van der Waals surface area contributed by atoms with Gasteiger partial charge < -0.3 is 26.1 Å². The molecule has 0 amide bonds. The molecule has 55 heavy (non-hydrogen) atoms. The van der Waals surface area contributed by atoms with E-state index in [1.54, 1.807) is 27.8 Å². The zero-order valence-corrected chi connectivity index (χ0v) is 31.8. The highest BCUT2D eigenvalue weighted by Gasteiger charge is 2.30. The van der Waals surface area contributed by atoms with Crippen LogP contribution in [-0.4, -0.2) is 91.9 Å². The highest BCUT2D eigenvalue weighted by Crippen LogP contribution is 2.38. The van der Waals surface area contributed by atoms with E-state index < -0.39 is 6.43 Å². The van der Waals surface area contributed by atoms with Crippen LogP contribution in [0, 0.1) is 17.2 Å². The Morgan fingerprint density at radius 2 is 1.89 bits per heavy atom. The lowest BCUT2D eigenvalue weighted by Crippen LogP contribution is -2.47. The smallest absolute Gasteiger partial charge is 0.282 e. The summed E-state index contributed by atoms with van der Waals surface area (Å²) >= 11 is 0. The second kappa shape index (κ2) is 17.4. The second-order valence-electron chi connectivity index (χ2n) is 15.4. The summed E-state index contributed by atoms with van der Waals surface area (Å²) in [7, 11) is 0. The normalized spacial score (nSPS) is 21.6. The molecule has 1 aromatic carbocycles. The molecule has 4 aromatic rings. The fourth-order valence-electron chi connectivity index (χ4n) is 8.21. The predicted molar refractivity (Wildman–Crippen MR) is 215 cm³/mol. The minimum absolute atomic E-state index is 0.0150. The molecule has 292 valence electrons. The van der Waals surface area contributed by atoms with Crippen molar-refractivity contribution in [3.8, 4) is 11.1 Å². The van der Waals surface area contributed by atoms with Gasteiger partial charge in [0, 0.05) is 80.1 Å². The van der Waals surface area contributed by atoms with Gasteiger partial charge in [0.2, 0.25) is 0 Å².